The van der Waals surface area contributed by atoms with Crippen molar-refractivity contribution in [1.82, 2.24) is 10.6 Å². The van der Waals surface area contributed by atoms with Crippen molar-refractivity contribution in [2.24, 2.45) is 5.92 Å². The first-order chi connectivity index (χ1) is 8.18. The molecule has 2 rings (SSSR count). The molecule has 0 aromatic rings. The Labute approximate surface area is 103 Å². The van der Waals surface area contributed by atoms with E-state index in [1.54, 1.807) is 0 Å². The molecule has 4 nitrogen and oxygen atoms in total. The van der Waals surface area contributed by atoms with Gasteiger partial charge in [-0.25, -0.2) is 0 Å². The average molecular weight is 240 g/mol. The van der Waals surface area contributed by atoms with Gasteiger partial charge in [-0.2, -0.15) is 0 Å². The molecule has 2 aliphatic rings. The van der Waals surface area contributed by atoms with Crippen LogP contribution in [0.1, 0.15) is 45.4 Å². The SMILES string of the molecule is CC1CCCNC1C(=O)NC1CCCCC1O. The summed E-state index contributed by atoms with van der Waals surface area (Å²) in [5, 5.41) is 16.1. The Balaban J connectivity index is 1.86. The van der Waals surface area contributed by atoms with Gasteiger partial charge < -0.3 is 15.7 Å². The van der Waals surface area contributed by atoms with Crippen LogP contribution >= 0.6 is 0 Å². The third-order valence-corrected chi connectivity index (χ3v) is 4.11. The van der Waals surface area contributed by atoms with E-state index >= 15 is 0 Å². The molecule has 17 heavy (non-hydrogen) atoms. The van der Waals surface area contributed by atoms with Gasteiger partial charge in [-0.3, -0.25) is 4.79 Å². The second kappa shape index (κ2) is 5.83. The third kappa shape index (κ3) is 3.19. The number of rotatable bonds is 2. The van der Waals surface area contributed by atoms with Crippen LogP contribution in [-0.2, 0) is 4.79 Å². The highest BCUT2D eigenvalue weighted by atomic mass is 16.3. The molecule has 0 aromatic heterocycles. The molecule has 0 spiro atoms. The summed E-state index contributed by atoms with van der Waals surface area (Å²) < 4.78 is 0. The summed E-state index contributed by atoms with van der Waals surface area (Å²) in [5.41, 5.74) is 0. The summed E-state index contributed by atoms with van der Waals surface area (Å²) in [4.78, 5) is 12.1. The van der Waals surface area contributed by atoms with E-state index in [1.807, 2.05) is 0 Å². The van der Waals surface area contributed by atoms with Crippen LogP contribution in [0.3, 0.4) is 0 Å². The molecule has 4 atom stereocenters. The van der Waals surface area contributed by atoms with Gasteiger partial charge in [0.25, 0.3) is 0 Å². The number of carbonyl (C=O) groups excluding carboxylic acids is 1. The second-order valence-electron chi connectivity index (χ2n) is 5.52. The maximum absolute atomic E-state index is 12.1. The standard InChI is InChI=1S/C13H24N2O2/c1-9-5-4-8-14-12(9)13(17)15-10-6-2-3-7-11(10)16/h9-12,14,16H,2-8H2,1H3,(H,15,17). The van der Waals surface area contributed by atoms with Gasteiger partial charge in [0.15, 0.2) is 0 Å². The van der Waals surface area contributed by atoms with E-state index in [9.17, 15) is 9.90 Å². The molecule has 2 fully saturated rings. The lowest BCUT2D eigenvalue weighted by molar-refractivity contribution is -0.126. The highest BCUT2D eigenvalue weighted by Crippen LogP contribution is 2.20. The number of nitrogens with one attached hydrogen (secondary N) is 2. The van der Waals surface area contributed by atoms with Gasteiger partial charge in [-0.1, -0.05) is 19.8 Å². The Kier molecular flexibility index (Phi) is 4.40. The van der Waals surface area contributed by atoms with Crippen LogP contribution in [-0.4, -0.2) is 35.7 Å². The van der Waals surface area contributed by atoms with E-state index in [0.717, 1.165) is 45.1 Å². The third-order valence-electron chi connectivity index (χ3n) is 4.11. The largest absolute Gasteiger partial charge is 0.391 e. The van der Waals surface area contributed by atoms with E-state index in [0.29, 0.717) is 5.92 Å². The highest BCUT2D eigenvalue weighted by Gasteiger charge is 2.31. The van der Waals surface area contributed by atoms with Crippen molar-refractivity contribution in [1.29, 1.82) is 0 Å². The molecule has 3 N–H and O–H groups in total. The van der Waals surface area contributed by atoms with Crippen molar-refractivity contribution in [2.75, 3.05) is 6.54 Å². The Morgan fingerprint density at radius 3 is 2.71 bits per heavy atom. The molecular formula is C13H24N2O2. The Hall–Kier alpha value is -0.610. The fourth-order valence-electron chi connectivity index (χ4n) is 2.95. The molecule has 1 amide bonds. The van der Waals surface area contributed by atoms with E-state index in [1.165, 1.54) is 0 Å². The predicted molar refractivity (Wildman–Crippen MR) is 66.6 cm³/mol. The van der Waals surface area contributed by atoms with Crippen molar-refractivity contribution in [3.05, 3.63) is 0 Å². The van der Waals surface area contributed by atoms with Crippen LogP contribution in [0.25, 0.3) is 0 Å². The van der Waals surface area contributed by atoms with Gasteiger partial charge in [-0.15, -0.1) is 0 Å². The first-order valence-corrected chi connectivity index (χ1v) is 6.90. The van der Waals surface area contributed by atoms with Crippen molar-refractivity contribution < 1.29 is 9.90 Å². The molecule has 0 aromatic carbocycles. The van der Waals surface area contributed by atoms with Gasteiger partial charge in [0, 0.05) is 0 Å². The first kappa shape index (κ1) is 12.8. The van der Waals surface area contributed by atoms with Gasteiger partial charge in [-0.05, 0) is 38.1 Å². The fraction of sp³-hybridized carbons (Fsp3) is 0.923. The maximum atomic E-state index is 12.1. The van der Waals surface area contributed by atoms with E-state index in [4.69, 9.17) is 0 Å². The average Bonchev–Trinajstić information content (AvgIpc) is 2.32. The molecule has 1 aliphatic carbocycles. The number of piperidine rings is 1. The zero-order chi connectivity index (χ0) is 12.3. The van der Waals surface area contributed by atoms with Crippen molar-refractivity contribution in [3.63, 3.8) is 0 Å². The summed E-state index contributed by atoms with van der Waals surface area (Å²) >= 11 is 0. The van der Waals surface area contributed by atoms with Crippen LogP contribution < -0.4 is 10.6 Å². The second-order valence-corrected chi connectivity index (χ2v) is 5.52. The quantitative estimate of drug-likeness (QED) is 0.669. The van der Waals surface area contributed by atoms with Crippen molar-refractivity contribution in [2.45, 2.75) is 63.6 Å². The lowest BCUT2D eigenvalue weighted by atomic mass is 9.89. The summed E-state index contributed by atoms with van der Waals surface area (Å²) in [6.07, 6.45) is 5.81. The van der Waals surface area contributed by atoms with Crippen LogP contribution in [0.4, 0.5) is 0 Å². The predicted octanol–water partition coefficient (Wildman–Crippen LogP) is 0.794. The molecule has 1 heterocycles. The molecule has 4 heteroatoms. The van der Waals surface area contributed by atoms with Crippen LogP contribution in [0, 0.1) is 5.92 Å². The molecular weight excluding hydrogens is 216 g/mol. The van der Waals surface area contributed by atoms with E-state index in [-0.39, 0.29) is 24.1 Å². The van der Waals surface area contributed by atoms with Crippen LogP contribution in [0.15, 0.2) is 0 Å². The summed E-state index contributed by atoms with van der Waals surface area (Å²) in [6, 6.07) is -0.106. The van der Waals surface area contributed by atoms with Gasteiger partial charge >= 0.3 is 0 Å². The molecule has 1 saturated carbocycles. The van der Waals surface area contributed by atoms with Crippen LogP contribution in [0.5, 0.6) is 0 Å². The monoisotopic (exact) mass is 240 g/mol. The smallest absolute Gasteiger partial charge is 0.237 e. The minimum atomic E-state index is -0.355. The van der Waals surface area contributed by atoms with Gasteiger partial charge in [0.05, 0.1) is 18.2 Å². The number of amides is 1. The Bertz CT molecular complexity index is 270. The first-order valence-electron chi connectivity index (χ1n) is 6.90. The summed E-state index contributed by atoms with van der Waals surface area (Å²) in [6.45, 7) is 3.04. The number of aliphatic hydroxyl groups is 1. The Morgan fingerprint density at radius 1 is 1.24 bits per heavy atom. The zero-order valence-electron chi connectivity index (χ0n) is 10.6. The molecule has 0 radical (unpaired) electrons. The molecule has 98 valence electrons. The minimum absolute atomic E-state index is 0.0350. The number of hydrogen-bond donors (Lipinski definition) is 3. The number of hydrogen-bond acceptors (Lipinski definition) is 3. The summed E-state index contributed by atoms with van der Waals surface area (Å²) in [5.74, 6) is 0.465. The minimum Gasteiger partial charge on any atom is -0.391 e. The maximum Gasteiger partial charge on any atom is 0.237 e. The molecule has 1 aliphatic heterocycles. The van der Waals surface area contributed by atoms with Crippen LogP contribution in [0.2, 0.25) is 0 Å². The van der Waals surface area contributed by atoms with E-state index in [2.05, 4.69) is 17.6 Å². The topological polar surface area (TPSA) is 61.4 Å². The van der Waals surface area contributed by atoms with Crippen molar-refractivity contribution >= 4 is 5.91 Å². The fourth-order valence-corrected chi connectivity index (χ4v) is 2.95. The van der Waals surface area contributed by atoms with Crippen molar-refractivity contribution in [3.8, 4) is 0 Å². The van der Waals surface area contributed by atoms with Gasteiger partial charge in [0.1, 0.15) is 0 Å². The highest BCUT2D eigenvalue weighted by molar-refractivity contribution is 5.82. The lowest BCUT2D eigenvalue weighted by Crippen LogP contribution is -2.55. The van der Waals surface area contributed by atoms with E-state index < -0.39 is 0 Å². The summed E-state index contributed by atoms with van der Waals surface area (Å²) in [7, 11) is 0. The number of aliphatic hydroxyl groups excluding tert-OH is 1. The molecule has 0 bridgehead atoms. The molecule has 4 unspecified atom stereocenters. The zero-order valence-corrected chi connectivity index (χ0v) is 10.6. The number of carbonyl (C=O) groups is 1. The normalized spacial score (nSPS) is 38.7. The molecule has 1 saturated heterocycles. The van der Waals surface area contributed by atoms with Gasteiger partial charge in [0.2, 0.25) is 5.91 Å². The Morgan fingerprint density at radius 2 is 2.00 bits per heavy atom. The lowest BCUT2D eigenvalue weighted by Gasteiger charge is -2.33.